The maximum atomic E-state index is 12.4. The molecule has 1 saturated carbocycles. The van der Waals surface area contributed by atoms with Gasteiger partial charge in [-0.3, -0.25) is 4.79 Å². The second-order valence-electron chi connectivity index (χ2n) is 8.21. The fourth-order valence-electron chi connectivity index (χ4n) is 4.32. The van der Waals surface area contributed by atoms with Gasteiger partial charge in [-0.25, -0.2) is 9.59 Å². The molecule has 0 heterocycles. The predicted octanol–water partition coefficient (Wildman–Crippen LogP) is 3.28. The topological polar surface area (TPSA) is 105 Å². The van der Waals surface area contributed by atoms with Crippen molar-refractivity contribution >= 4 is 18.0 Å². The summed E-state index contributed by atoms with van der Waals surface area (Å²) in [5, 5.41) is 14.4. The van der Waals surface area contributed by atoms with Gasteiger partial charge in [0.2, 0.25) is 5.91 Å². The van der Waals surface area contributed by atoms with E-state index in [-0.39, 0.29) is 18.4 Å². The molecular formula is C24H26N2O5. The minimum atomic E-state index is -1.05. The first kappa shape index (κ1) is 20.9. The van der Waals surface area contributed by atoms with Crippen molar-refractivity contribution in [2.75, 3.05) is 6.61 Å². The number of fused-ring (bicyclic) bond motifs is 3. The second kappa shape index (κ2) is 8.79. The number of ether oxygens (including phenoxy) is 1. The Hall–Kier alpha value is -3.35. The summed E-state index contributed by atoms with van der Waals surface area (Å²) in [6.07, 6.45) is 1.83. The van der Waals surface area contributed by atoms with Crippen molar-refractivity contribution in [3.05, 3.63) is 59.7 Å². The Labute approximate surface area is 180 Å². The summed E-state index contributed by atoms with van der Waals surface area (Å²) in [5.41, 5.74) is 4.48. The minimum absolute atomic E-state index is 0.0527. The molecule has 0 aliphatic heterocycles. The molecule has 0 bridgehead atoms. The van der Waals surface area contributed by atoms with Crippen LogP contribution in [0.1, 0.15) is 43.2 Å². The van der Waals surface area contributed by atoms with Crippen molar-refractivity contribution in [2.24, 2.45) is 5.92 Å². The van der Waals surface area contributed by atoms with Gasteiger partial charge in [0.15, 0.2) is 0 Å². The van der Waals surface area contributed by atoms with Crippen LogP contribution in [0, 0.1) is 5.92 Å². The molecule has 3 N–H and O–H groups in total. The number of aliphatic carboxylic acids is 1. The van der Waals surface area contributed by atoms with Crippen molar-refractivity contribution in [1.29, 1.82) is 0 Å². The van der Waals surface area contributed by atoms with Crippen LogP contribution in [-0.2, 0) is 14.3 Å². The van der Waals surface area contributed by atoms with Gasteiger partial charge in [-0.05, 0) is 47.9 Å². The van der Waals surface area contributed by atoms with E-state index >= 15 is 0 Å². The van der Waals surface area contributed by atoms with Gasteiger partial charge in [-0.15, -0.1) is 0 Å². The molecule has 0 spiro atoms. The van der Waals surface area contributed by atoms with Crippen molar-refractivity contribution in [2.45, 2.75) is 44.2 Å². The van der Waals surface area contributed by atoms with Crippen LogP contribution in [0.4, 0.5) is 4.79 Å². The number of carboxylic acid groups (broad SMARTS) is 1. The van der Waals surface area contributed by atoms with Gasteiger partial charge in [0.25, 0.3) is 0 Å². The van der Waals surface area contributed by atoms with E-state index in [1.165, 1.54) is 6.92 Å². The van der Waals surface area contributed by atoms with Crippen molar-refractivity contribution in [3.63, 3.8) is 0 Å². The highest BCUT2D eigenvalue weighted by atomic mass is 16.5. The summed E-state index contributed by atoms with van der Waals surface area (Å²) in [4.78, 5) is 36.1. The monoisotopic (exact) mass is 422 g/mol. The van der Waals surface area contributed by atoms with E-state index in [1.54, 1.807) is 0 Å². The first-order chi connectivity index (χ1) is 15.0. The van der Waals surface area contributed by atoms with Gasteiger partial charge in [-0.2, -0.15) is 0 Å². The average Bonchev–Trinajstić information content (AvgIpc) is 3.04. The lowest BCUT2D eigenvalue weighted by Crippen LogP contribution is -2.54. The van der Waals surface area contributed by atoms with E-state index in [0.717, 1.165) is 41.5 Å². The molecule has 2 aliphatic carbocycles. The highest BCUT2D eigenvalue weighted by Crippen LogP contribution is 2.44. The highest BCUT2D eigenvalue weighted by Gasteiger charge is 2.35. The third-order valence-corrected chi connectivity index (χ3v) is 6.26. The van der Waals surface area contributed by atoms with Gasteiger partial charge < -0.3 is 20.5 Å². The normalized spacial score (nSPS) is 16.9. The minimum Gasteiger partial charge on any atom is -0.480 e. The maximum absolute atomic E-state index is 12.4. The lowest BCUT2D eigenvalue weighted by Gasteiger charge is -2.32. The molecule has 7 heteroatoms. The van der Waals surface area contributed by atoms with E-state index in [9.17, 15) is 19.5 Å². The molecule has 2 aromatic carbocycles. The Bertz CT molecular complexity index is 955. The quantitative estimate of drug-likeness (QED) is 0.635. The van der Waals surface area contributed by atoms with Crippen LogP contribution in [0.2, 0.25) is 0 Å². The fourth-order valence-corrected chi connectivity index (χ4v) is 4.32. The van der Waals surface area contributed by atoms with Crippen molar-refractivity contribution in [3.8, 4) is 11.1 Å². The van der Waals surface area contributed by atoms with Crippen LogP contribution in [0.3, 0.4) is 0 Å². The number of rotatable bonds is 7. The van der Waals surface area contributed by atoms with E-state index in [4.69, 9.17) is 4.74 Å². The number of amides is 2. The molecule has 1 fully saturated rings. The standard InChI is InChI=1S/C24H26N2O5/c1-14(22(27)26-21(23(28)29)15-7-6-8-15)25-24(30)31-13-20-18-11-4-2-9-16(18)17-10-3-5-12-19(17)20/h2-5,9-12,14-15,20-21H,6-8,13H2,1H3,(H,25,30)(H,26,27)(H,28,29). The Balaban J connectivity index is 1.34. The summed E-state index contributed by atoms with van der Waals surface area (Å²) < 4.78 is 5.45. The van der Waals surface area contributed by atoms with Crippen LogP contribution in [0.25, 0.3) is 11.1 Å². The molecular weight excluding hydrogens is 396 g/mol. The lowest BCUT2D eigenvalue weighted by molar-refractivity contribution is -0.144. The lowest BCUT2D eigenvalue weighted by atomic mass is 9.79. The molecule has 7 nitrogen and oxygen atoms in total. The second-order valence-corrected chi connectivity index (χ2v) is 8.21. The molecule has 162 valence electrons. The molecule has 2 atom stereocenters. The molecule has 2 aromatic rings. The Kier molecular flexibility index (Phi) is 5.93. The Morgan fingerprint density at radius 1 is 1.00 bits per heavy atom. The van der Waals surface area contributed by atoms with Crippen molar-refractivity contribution < 1.29 is 24.2 Å². The summed E-state index contributed by atoms with van der Waals surface area (Å²) in [5.74, 6) is -1.71. The third-order valence-electron chi connectivity index (χ3n) is 6.26. The van der Waals surface area contributed by atoms with E-state index in [2.05, 4.69) is 22.8 Å². The number of benzene rings is 2. The molecule has 2 unspecified atom stereocenters. The first-order valence-electron chi connectivity index (χ1n) is 10.6. The zero-order valence-corrected chi connectivity index (χ0v) is 17.3. The third kappa shape index (κ3) is 4.26. The van der Waals surface area contributed by atoms with E-state index < -0.39 is 30.1 Å². The summed E-state index contributed by atoms with van der Waals surface area (Å²) in [7, 11) is 0. The van der Waals surface area contributed by atoms with Crippen LogP contribution in [-0.4, -0.2) is 41.8 Å². The average molecular weight is 422 g/mol. The summed E-state index contributed by atoms with van der Waals surface area (Å²) in [6.45, 7) is 1.66. The molecule has 0 aromatic heterocycles. The summed E-state index contributed by atoms with van der Waals surface area (Å²) >= 11 is 0. The van der Waals surface area contributed by atoms with Gasteiger partial charge >= 0.3 is 12.1 Å². The van der Waals surface area contributed by atoms with Gasteiger partial charge in [0.05, 0.1) is 0 Å². The first-order valence-corrected chi connectivity index (χ1v) is 10.6. The predicted molar refractivity (Wildman–Crippen MR) is 115 cm³/mol. The maximum Gasteiger partial charge on any atom is 0.407 e. The number of nitrogens with one attached hydrogen (secondary N) is 2. The van der Waals surface area contributed by atoms with E-state index in [0.29, 0.717) is 0 Å². The SMILES string of the molecule is CC(NC(=O)OCC1c2ccccc2-c2ccccc21)C(=O)NC(C(=O)O)C1CCC1. The zero-order chi connectivity index (χ0) is 22.0. The number of hydrogen-bond donors (Lipinski definition) is 3. The Morgan fingerprint density at radius 3 is 2.10 bits per heavy atom. The fraction of sp³-hybridized carbons (Fsp3) is 0.375. The summed E-state index contributed by atoms with van der Waals surface area (Å²) in [6, 6.07) is 14.2. The largest absolute Gasteiger partial charge is 0.480 e. The van der Waals surface area contributed by atoms with Crippen LogP contribution in [0.15, 0.2) is 48.5 Å². The molecule has 4 rings (SSSR count). The number of carbonyl (C=O) groups excluding carboxylic acids is 2. The number of carbonyl (C=O) groups is 3. The number of hydrogen-bond acceptors (Lipinski definition) is 4. The molecule has 0 radical (unpaired) electrons. The molecule has 2 aliphatic rings. The highest BCUT2D eigenvalue weighted by molar-refractivity contribution is 5.89. The van der Waals surface area contributed by atoms with E-state index in [1.807, 2.05) is 36.4 Å². The number of carboxylic acids is 1. The van der Waals surface area contributed by atoms with Crippen LogP contribution in [0.5, 0.6) is 0 Å². The molecule has 0 saturated heterocycles. The van der Waals surface area contributed by atoms with Crippen LogP contribution >= 0.6 is 0 Å². The molecule has 31 heavy (non-hydrogen) atoms. The smallest absolute Gasteiger partial charge is 0.407 e. The van der Waals surface area contributed by atoms with Gasteiger partial charge in [0.1, 0.15) is 18.7 Å². The zero-order valence-electron chi connectivity index (χ0n) is 17.3. The van der Waals surface area contributed by atoms with Gasteiger partial charge in [-0.1, -0.05) is 55.0 Å². The van der Waals surface area contributed by atoms with Gasteiger partial charge in [0, 0.05) is 5.92 Å². The van der Waals surface area contributed by atoms with Crippen LogP contribution < -0.4 is 10.6 Å². The van der Waals surface area contributed by atoms with Crippen molar-refractivity contribution in [1.82, 2.24) is 10.6 Å². The molecule has 2 amide bonds. The number of alkyl carbamates (subject to hydrolysis) is 1. The Morgan fingerprint density at radius 2 is 1.58 bits per heavy atom.